The first-order chi connectivity index (χ1) is 21.7. The molecule has 5 nitrogen and oxygen atoms in total. The van der Waals surface area contributed by atoms with Gasteiger partial charge >= 0.3 is 5.97 Å². The third kappa shape index (κ3) is 6.45. The Morgan fingerprint density at radius 1 is 0.800 bits per heavy atom. The second-order valence-electron chi connectivity index (χ2n) is 13.4. The van der Waals surface area contributed by atoms with Gasteiger partial charge in [-0.25, -0.2) is 9.69 Å². The number of esters is 1. The van der Waals surface area contributed by atoms with Crippen LogP contribution in [0, 0.1) is 24.7 Å². The van der Waals surface area contributed by atoms with E-state index >= 15 is 0 Å². The number of ether oxygens (including phenoxy) is 1. The Bertz CT molecular complexity index is 1650. The molecule has 0 unspecified atom stereocenters. The molecule has 3 aromatic carbocycles. The van der Waals surface area contributed by atoms with Crippen molar-refractivity contribution in [2.75, 3.05) is 4.90 Å². The number of carbonyl (C=O) groups is 3. The van der Waals surface area contributed by atoms with Gasteiger partial charge in [0.1, 0.15) is 5.75 Å². The summed E-state index contributed by atoms with van der Waals surface area (Å²) in [4.78, 5) is 40.3. The molecular weight excluding hydrogens is 558 g/mol. The maximum absolute atomic E-state index is 13.1. The van der Waals surface area contributed by atoms with E-state index in [4.69, 9.17) is 4.74 Å². The topological polar surface area (TPSA) is 63.7 Å². The standard InChI is InChI=1S/C40H43NO4/c1-5-28-10-20-35-36(24-28)39(43)41(38(35)42)34-19-21-37(26(3)23-34)45-40(44)27(4)22-29-8-13-31(14-9-29)33-17-15-32(16-18-33)30-11-6-25(2)7-12-30/h5,8-10,13-14,19-25,30,32-33H,1,6-7,11-12,15-18H2,2-4H3/b27-22+. The molecule has 2 fully saturated rings. The first kappa shape index (κ1) is 30.8. The Morgan fingerprint density at radius 2 is 1.42 bits per heavy atom. The minimum Gasteiger partial charge on any atom is -0.423 e. The fourth-order valence-electron chi connectivity index (χ4n) is 7.54. The zero-order valence-corrected chi connectivity index (χ0v) is 26.7. The number of benzene rings is 3. The smallest absolute Gasteiger partial charge is 0.339 e. The molecule has 0 N–H and O–H groups in total. The summed E-state index contributed by atoms with van der Waals surface area (Å²) in [5, 5.41) is 0. The molecule has 0 bridgehead atoms. The van der Waals surface area contributed by atoms with Gasteiger partial charge in [-0.1, -0.05) is 62.8 Å². The van der Waals surface area contributed by atoms with Gasteiger partial charge in [0.05, 0.1) is 16.8 Å². The highest BCUT2D eigenvalue weighted by Crippen LogP contribution is 2.44. The largest absolute Gasteiger partial charge is 0.423 e. The summed E-state index contributed by atoms with van der Waals surface area (Å²) in [5.41, 5.74) is 5.44. The predicted octanol–water partition coefficient (Wildman–Crippen LogP) is 9.55. The van der Waals surface area contributed by atoms with E-state index < -0.39 is 5.97 Å². The van der Waals surface area contributed by atoms with E-state index in [1.54, 1.807) is 56.3 Å². The Hall–Kier alpha value is -4.25. The average Bonchev–Trinajstić information content (AvgIpc) is 3.31. The highest BCUT2D eigenvalue weighted by molar-refractivity contribution is 6.34. The van der Waals surface area contributed by atoms with Crippen molar-refractivity contribution in [3.8, 4) is 5.75 Å². The number of aryl methyl sites for hydroxylation is 1. The maximum Gasteiger partial charge on any atom is 0.339 e. The molecule has 6 rings (SSSR count). The summed E-state index contributed by atoms with van der Waals surface area (Å²) in [6.45, 7) is 9.69. The van der Waals surface area contributed by atoms with Gasteiger partial charge in [0.15, 0.2) is 0 Å². The predicted molar refractivity (Wildman–Crippen MR) is 180 cm³/mol. The lowest BCUT2D eigenvalue weighted by Gasteiger charge is -2.37. The lowest BCUT2D eigenvalue weighted by Crippen LogP contribution is -2.29. The third-order valence-corrected chi connectivity index (χ3v) is 10.4. The zero-order valence-electron chi connectivity index (χ0n) is 26.7. The van der Waals surface area contributed by atoms with E-state index in [1.165, 1.54) is 56.9 Å². The number of imide groups is 1. The molecule has 2 aliphatic carbocycles. The molecule has 3 aliphatic rings. The van der Waals surface area contributed by atoms with Crippen molar-refractivity contribution in [3.63, 3.8) is 0 Å². The van der Waals surface area contributed by atoms with Crippen molar-refractivity contribution < 1.29 is 19.1 Å². The third-order valence-electron chi connectivity index (χ3n) is 10.4. The first-order valence-corrected chi connectivity index (χ1v) is 16.5. The number of nitrogens with zero attached hydrogens (tertiary/aromatic N) is 1. The van der Waals surface area contributed by atoms with Crippen molar-refractivity contribution >= 4 is 35.6 Å². The number of amides is 2. The van der Waals surface area contributed by atoms with Crippen molar-refractivity contribution in [2.45, 2.75) is 78.1 Å². The molecule has 0 aromatic heterocycles. The Morgan fingerprint density at radius 3 is 2.07 bits per heavy atom. The van der Waals surface area contributed by atoms with Crippen molar-refractivity contribution in [1.29, 1.82) is 0 Å². The average molecular weight is 602 g/mol. The molecule has 0 spiro atoms. The summed E-state index contributed by atoms with van der Waals surface area (Å²) in [7, 11) is 0. The number of hydrogen-bond acceptors (Lipinski definition) is 4. The van der Waals surface area contributed by atoms with Crippen LogP contribution in [0.5, 0.6) is 5.75 Å². The molecule has 0 saturated heterocycles. The number of fused-ring (bicyclic) bond motifs is 1. The number of rotatable bonds is 7. The highest BCUT2D eigenvalue weighted by Gasteiger charge is 2.37. The molecule has 1 aliphatic heterocycles. The summed E-state index contributed by atoms with van der Waals surface area (Å²) in [6, 6.07) is 18.7. The summed E-state index contributed by atoms with van der Waals surface area (Å²) in [6.07, 6.45) is 14.4. The van der Waals surface area contributed by atoms with Gasteiger partial charge in [0.2, 0.25) is 0 Å². The number of anilines is 1. The van der Waals surface area contributed by atoms with Gasteiger partial charge < -0.3 is 4.74 Å². The number of hydrogen-bond donors (Lipinski definition) is 0. The normalized spacial score (nSPS) is 23.5. The van der Waals surface area contributed by atoms with Crippen LogP contribution < -0.4 is 9.64 Å². The molecule has 3 aromatic rings. The summed E-state index contributed by atoms with van der Waals surface area (Å²) in [5.74, 6) is 2.59. The monoisotopic (exact) mass is 601 g/mol. The SMILES string of the molecule is C=Cc1ccc2c(c1)C(=O)N(c1ccc(OC(=O)/C(C)=C/c3ccc(C4CCC(C5CCC(C)CC5)CC4)cc3)c(C)c1)C2=O. The van der Waals surface area contributed by atoms with Crippen molar-refractivity contribution in [3.05, 3.63) is 106 Å². The molecular formula is C40H43NO4. The second kappa shape index (κ2) is 13.0. The molecule has 0 radical (unpaired) electrons. The zero-order chi connectivity index (χ0) is 31.7. The lowest BCUT2D eigenvalue weighted by molar-refractivity contribution is -0.130. The van der Waals surface area contributed by atoms with E-state index in [2.05, 4.69) is 37.8 Å². The van der Waals surface area contributed by atoms with Crippen LogP contribution in [0.25, 0.3) is 12.2 Å². The van der Waals surface area contributed by atoms with Crippen LogP contribution >= 0.6 is 0 Å². The van der Waals surface area contributed by atoms with Crippen molar-refractivity contribution in [2.24, 2.45) is 17.8 Å². The fourth-order valence-corrected chi connectivity index (χ4v) is 7.54. The molecule has 232 valence electrons. The quantitative estimate of drug-likeness (QED) is 0.117. The van der Waals surface area contributed by atoms with Crippen LogP contribution in [0.1, 0.15) is 114 Å². The minimum atomic E-state index is -0.442. The van der Waals surface area contributed by atoms with E-state index in [1.807, 2.05) is 6.08 Å². The lowest BCUT2D eigenvalue weighted by atomic mass is 9.68. The van der Waals surface area contributed by atoms with E-state index in [9.17, 15) is 14.4 Å². The van der Waals surface area contributed by atoms with E-state index in [-0.39, 0.29) is 11.8 Å². The molecule has 0 atom stereocenters. The molecule has 5 heteroatoms. The van der Waals surface area contributed by atoms with Crippen molar-refractivity contribution in [1.82, 2.24) is 0 Å². The summed E-state index contributed by atoms with van der Waals surface area (Å²) >= 11 is 0. The summed E-state index contributed by atoms with van der Waals surface area (Å²) < 4.78 is 5.72. The van der Waals surface area contributed by atoms with Gasteiger partial charge in [-0.15, -0.1) is 0 Å². The minimum absolute atomic E-state index is 0.358. The van der Waals surface area contributed by atoms with Gasteiger partial charge in [-0.3, -0.25) is 9.59 Å². The van der Waals surface area contributed by atoms with Crippen LogP contribution in [0.2, 0.25) is 0 Å². The van der Waals surface area contributed by atoms with Gasteiger partial charge in [-0.2, -0.15) is 0 Å². The van der Waals surface area contributed by atoms with Gasteiger partial charge in [0, 0.05) is 5.57 Å². The fraction of sp³-hybridized carbons (Fsp3) is 0.375. The van der Waals surface area contributed by atoms with Crippen LogP contribution in [0.3, 0.4) is 0 Å². The molecule has 45 heavy (non-hydrogen) atoms. The Labute approximate surface area is 267 Å². The first-order valence-electron chi connectivity index (χ1n) is 16.5. The van der Waals surface area contributed by atoms with E-state index in [0.717, 1.165) is 33.8 Å². The van der Waals surface area contributed by atoms with Gasteiger partial charge in [-0.05, 0) is 135 Å². The maximum atomic E-state index is 13.1. The number of carbonyl (C=O) groups excluding carboxylic acids is 3. The molecule has 1 heterocycles. The van der Waals surface area contributed by atoms with Crippen LogP contribution in [-0.2, 0) is 4.79 Å². The Kier molecular flexibility index (Phi) is 8.89. The highest BCUT2D eigenvalue weighted by atomic mass is 16.5. The second-order valence-corrected chi connectivity index (χ2v) is 13.4. The van der Waals surface area contributed by atoms with Crippen LogP contribution in [0.4, 0.5) is 5.69 Å². The van der Waals surface area contributed by atoms with Gasteiger partial charge in [0.25, 0.3) is 11.8 Å². The molecule has 2 saturated carbocycles. The van der Waals surface area contributed by atoms with Crippen LogP contribution in [-0.4, -0.2) is 17.8 Å². The molecule has 2 amide bonds. The Balaban J connectivity index is 1.06. The van der Waals surface area contributed by atoms with Crippen LogP contribution in [0.15, 0.2) is 72.8 Å². The van der Waals surface area contributed by atoms with E-state index in [0.29, 0.717) is 39.6 Å².